The lowest BCUT2D eigenvalue weighted by Gasteiger charge is -2.33. The summed E-state index contributed by atoms with van der Waals surface area (Å²) >= 11 is 1.53. The van der Waals surface area contributed by atoms with Gasteiger partial charge in [0.2, 0.25) is 15.9 Å². The molecule has 0 atom stereocenters. The van der Waals surface area contributed by atoms with E-state index in [1.807, 2.05) is 6.07 Å². The SMILES string of the molecule is N#Cc1ccccc1S(=O)(=O)N1CCN(CCC(=O)Nc2sc3c(c2C#N)CCCCC3)CC1. The Labute approximate surface area is 204 Å². The van der Waals surface area contributed by atoms with Gasteiger partial charge in [-0.3, -0.25) is 4.79 Å². The number of carbonyl (C=O) groups excluding carboxylic acids is 1. The number of amides is 1. The Kier molecular flexibility index (Phi) is 7.64. The van der Waals surface area contributed by atoms with Gasteiger partial charge in [0.15, 0.2) is 0 Å². The van der Waals surface area contributed by atoms with Crippen molar-refractivity contribution in [2.75, 3.05) is 38.0 Å². The van der Waals surface area contributed by atoms with Crippen LogP contribution in [0.15, 0.2) is 29.2 Å². The Bertz CT molecular complexity index is 1250. The third kappa shape index (κ3) is 5.16. The molecule has 1 fully saturated rings. The Morgan fingerprint density at radius 2 is 1.76 bits per heavy atom. The third-order valence-electron chi connectivity index (χ3n) is 6.40. The number of nitrogens with zero attached hydrogens (tertiary/aromatic N) is 4. The van der Waals surface area contributed by atoms with Crippen LogP contribution in [0, 0.1) is 22.7 Å². The summed E-state index contributed by atoms with van der Waals surface area (Å²) in [6.45, 7) is 2.15. The van der Waals surface area contributed by atoms with Crippen molar-refractivity contribution in [3.63, 3.8) is 0 Å². The zero-order chi connectivity index (χ0) is 24.1. The van der Waals surface area contributed by atoms with Gasteiger partial charge in [-0.15, -0.1) is 11.3 Å². The first-order valence-electron chi connectivity index (χ1n) is 11.5. The van der Waals surface area contributed by atoms with Crippen LogP contribution in [0.25, 0.3) is 0 Å². The number of nitrogens with one attached hydrogen (secondary N) is 1. The summed E-state index contributed by atoms with van der Waals surface area (Å²) in [5.41, 5.74) is 1.87. The van der Waals surface area contributed by atoms with E-state index in [0.717, 1.165) is 31.2 Å². The number of nitriles is 2. The quantitative estimate of drug-likeness (QED) is 0.613. The largest absolute Gasteiger partial charge is 0.317 e. The molecule has 0 saturated carbocycles. The maximum absolute atomic E-state index is 13.0. The first-order chi connectivity index (χ1) is 16.4. The molecule has 1 N–H and O–H groups in total. The average molecular weight is 498 g/mol. The third-order valence-corrected chi connectivity index (χ3v) is 9.56. The number of piperazine rings is 1. The van der Waals surface area contributed by atoms with Crippen LogP contribution in [0.3, 0.4) is 0 Å². The van der Waals surface area contributed by atoms with Gasteiger partial charge in [-0.25, -0.2) is 8.42 Å². The number of fused-ring (bicyclic) bond motifs is 1. The smallest absolute Gasteiger partial charge is 0.244 e. The molecule has 0 bridgehead atoms. The van der Waals surface area contributed by atoms with Crippen LogP contribution < -0.4 is 5.32 Å². The number of thiophene rings is 1. The number of rotatable bonds is 6. The van der Waals surface area contributed by atoms with Gasteiger partial charge >= 0.3 is 0 Å². The number of hydrogen-bond acceptors (Lipinski definition) is 7. The summed E-state index contributed by atoms with van der Waals surface area (Å²) in [5.74, 6) is -0.133. The highest BCUT2D eigenvalue weighted by atomic mass is 32.2. The van der Waals surface area contributed by atoms with E-state index in [9.17, 15) is 23.7 Å². The second-order valence-electron chi connectivity index (χ2n) is 8.53. The molecule has 4 rings (SSSR count). The zero-order valence-electron chi connectivity index (χ0n) is 18.9. The second kappa shape index (κ2) is 10.7. The fourth-order valence-corrected chi connectivity index (χ4v) is 7.33. The maximum atomic E-state index is 13.0. The summed E-state index contributed by atoms with van der Waals surface area (Å²) in [5, 5.41) is 22.5. The molecule has 0 radical (unpaired) electrons. The van der Waals surface area contributed by atoms with Crippen molar-refractivity contribution in [2.45, 2.75) is 43.4 Å². The number of benzene rings is 1. The molecular weight excluding hydrogens is 470 g/mol. The van der Waals surface area contributed by atoms with Crippen molar-refractivity contribution in [3.05, 3.63) is 45.8 Å². The molecule has 1 aliphatic heterocycles. The molecule has 1 aromatic carbocycles. The van der Waals surface area contributed by atoms with Crippen LogP contribution >= 0.6 is 11.3 Å². The molecule has 2 heterocycles. The first kappa shape index (κ1) is 24.4. The van der Waals surface area contributed by atoms with Crippen molar-refractivity contribution >= 4 is 32.3 Å². The van der Waals surface area contributed by atoms with Crippen LogP contribution in [0.5, 0.6) is 0 Å². The molecule has 10 heteroatoms. The number of carbonyl (C=O) groups is 1. The Balaban J connectivity index is 1.31. The second-order valence-corrected chi connectivity index (χ2v) is 11.5. The lowest BCUT2D eigenvalue weighted by molar-refractivity contribution is -0.116. The monoisotopic (exact) mass is 497 g/mol. The molecule has 2 aromatic rings. The molecule has 1 aliphatic carbocycles. The summed E-state index contributed by atoms with van der Waals surface area (Å²) in [4.78, 5) is 15.9. The van der Waals surface area contributed by atoms with Gasteiger partial charge in [0.25, 0.3) is 0 Å². The fourth-order valence-electron chi connectivity index (χ4n) is 4.51. The van der Waals surface area contributed by atoms with Gasteiger partial charge in [0.05, 0.1) is 16.0 Å². The molecule has 1 amide bonds. The van der Waals surface area contributed by atoms with E-state index in [1.165, 1.54) is 39.1 Å². The van der Waals surface area contributed by atoms with Gasteiger partial charge in [-0.05, 0) is 43.4 Å². The van der Waals surface area contributed by atoms with Crippen LogP contribution in [0.1, 0.15) is 47.3 Å². The first-order valence-corrected chi connectivity index (χ1v) is 13.8. The van der Waals surface area contributed by atoms with Crippen LogP contribution in [-0.2, 0) is 27.7 Å². The van der Waals surface area contributed by atoms with E-state index in [4.69, 9.17) is 0 Å². The molecule has 0 spiro atoms. The number of anilines is 1. The van der Waals surface area contributed by atoms with Crippen molar-refractivity contribution < 1.29 is 13.2 Å². The molecule has 1 saturated heterocycles. The van der Waals surface area contributed by atoms with Gasteiger partial charge < -0.3 is 10.2 Å². The Morgan fingerprint density at radius 1 is 1.03 bits per heavy atom. The molecule has 2 aliphatic rings. The molecular formula is C24H27N5O3S2. The molecule has 8 nitrogen and oxygen atoms in total. The maximum Gasteiger partial charge on any atom is 0.244 e. The van der Waals surface area contributed by atoms with Crippen molar-refractivity contribution in [2.24, 2.45) is 0 Å². The normalized spacial score (nSPS) is 17.2. The van der Waals surface area contributed by atoms with Gasteiger partial charge in [-0.2, -0.15) is 14.8 Å². The van der Waals surface area contributed by atoms with Crippen molar-refractivity contribution in [1.29, 1.82) is 10.5 Å². The van der Waals surface area contributed by atoms with E-state index in [-0.39, 0.29) is 22.8 Å². The summed E-state index contributed by atoms with van der Waals surface area (Å²) in [6.07, 6.45) is 5.52. The summed E-state index contributed by atoms with van der Waals surface area (Å²) in [7, 11) is -3.74. The number of sulfonamides is 1. The van der Waals surface area contributed by atoms with E-state index in [2.05, 4.69) is 16.3 Å². The minimum Gasteiger partial charge on any atom is -0.317 e. The molecule has 178 valence electrons. The highest BCUT2D eigenvalue weighted by Crippen LogP contribution is 2.37. The van der Waals surface area contributed by atoms with E-state index in [0.29, 0.717) is 43.3 Å². The molecule has 34 heavy (non-hydrogen) atoms. The summed E-state index contributed by atoms with van der Waals surface area (Å²) < 4.78 is 27.4. The molecule has 0 unspecified atom stereocenters. The van der Waals surface area contributed by atoms with Gasteiger partial charge in [0, 0.05) is 44.0 Å². The summed E-state index contributed by atoms with van der Waals surface area (Å²) in [6, 6.07) is 10.5. The number of hydrogen-bond donors (Lipinski definition) is 1. The lowest BCUT2D eigenvalue weighted by atomic mass is 10.1. The fraction of sp³-hybridized carbons (Fsp3) is 0.458. The zero-order valence-corrected chi connectivity index (χ0v) is 20.6. The Hall–Kier alpha value is -2.76. The van der Waals surface area contributed by atoms with E-state index in [1.54, 1.807) is 12.1 Å². The lowest BCUT2D eigenvalue weighted by Crippen LogP contribution is -2.49. The minimum absolute atomic E-state index is 0.0352. The minimum atomic E-state index is -3.74. The van der Waals surface area contributed by atoms with Crippen LogP contribution in [0.2, 0.25) is 0 Å². The predicted octanol–water partition coefficient (Wildman–Crippen LogP) is 3.10. The Morgan fingerprint density at radius 3 is 2.50 bits per heavy atom. The van der Waals surface area contributed by atoms with Crippen LogP contribution in [0.4, 0.5) is 5.00 Å². The van der Waals surface area contributed by atoms with Gasteiger partial charge in [-0.1, -0.05) is 18.6 Å². The van der Waals surface area contributed by atoms with E-state index < -0.39 is 10.0 Å². The van der Waals surface area contributed by atoms with Crippen molar-refractivity contribution in [1.82, 2.24) is 9.21 Å². The standard InChI is InChI=1S/C24H27N5O3S2/c25-16-18-6-4-5-9-22(18)34(31,32)29-14-12-28(13-15-29)11-10-23(30)27-24-20(17-26)19-7-2-1-3-8-21(19)33-24/h4-6,9H,1-3,7-8,10-15H2,(H,27,30). The number of aryl methyl sites for hydroxylation is 1. The topological polar surface area (TPSA) is 117 Å². The van der Waals surface area contributed by atoms with Gasteiger partial charge in [0.1, 0.15) is 17.1 Å². The highest BCUT2D eigenvalue weighted by molar-refractivity contribution is 7.89. The predicted molar refractivity (Wildman–Crippen MR) is 130 cm³/mol. The van der Waals surface area contributed by atoms with Crippen molar-refractivity contribution in [3.8, 4) is 12.1 Å². The van der Waals surface area contributed by atoms with Crippen LogP contribution in [-0.4, -0.2) is 56.3 Å². The average Bonchev–Trinajstić information content (AvgIpc) is 3.01. The highest BCUT2D eigenvalue weighted by Gasteiger charge is 2.30. The van der Waals surface area contributed by atoms with E-state index >= 15 is 0 Å². The molecule has 1 aromatic heterocycles.